The molecule has 0 saturated carbocycles. The Labute approximate surface area is 102 Å². The molecule has 0 amide bonds. The Morgan fingerprint density at radius 2 is 1.84 bits per heavy atom. The molecule has 0 radical (unpaired) electrons. The van der Waals surface area contributed by atoms with Crippen molar-refractivity contribution in [1.82, 2.24) is 20.0 Å². The van der Waals surface area contributed by atoms with Crippen molar-refractivity contribution in [3.8, 4) is 5.82 Å². The predicted molar refractivity (Wildman–Crippen MR) is 50.5 cm³/mol. The van der Waals surface area contributed by atoms with Crippen LogP contribution in [0.3, 0.4) is 0 Å². The second kappa shape index (κ2) is 4.28. The summed E-state index contributed by atoms with van der Waals surface area (Å²) in [5.74, 6) is -0.519. The smallest absolute Gasteiger partial charge is 0.271 e. The van der Waals surface area contributed by atoms with Crippen molar-refractivity contribution in [2.24, 2.45) is 0 Å². The number of H-pyrrole nitrogens is 1. The summed E-state index contributed by atoms with van der Waals surface area (Å²) in [6.45, 7) is 0. The van der Waals surface area contributed by atoms with Gasteiger partial charge in [-0.2, -0.15) is 36.5 Å². The maximum absolute atomic E-state index is 12.6. The van der Waals surface area contributed by atoms with E-state index in [-0.39, 0.29) is 0 Å². The lowest BCUT2D eigenvalue weighted by molar-refractivity contribution is -0.146. The zero-order valence-corrected chi connectivity index (χ0v) is 9.05. The van der Waals surface area contributed by atoms with Gasteiger partial charge in [0.15, 0.2) is 5.82 Å². The van der Waals surface area contributed by atoms with Gasteiger partial charge < -0.3 is 0 Å². The van der Waals surface area contributed by atoms with E-state index >= 15 is 0 Å². The Kier molecular flexibility index (Phi) is 3.03. The highest BCUT2D eigenvalue weighted by Crippen LogP contribution is 2.35. The number of hydrogen-bond acceptors (Lipinski definition) is 2. The number of rotatable bonds is 2. The third-order valence-electron chi connectivity index (χ3n) is 2.23. The van der Waals surface area contributed by atoms with Crippen LogP contribution in [0.4, 0.5) is 26.3 Å². The van der Waals surface area contributed by atoms with E-state index in [1.54, 1.807) is 5.10 Å². The first-order valence-corrected chi connectivity index (χ1v) is 4.89. The number of nitrogens with one attached hydrogen (secondary N) is 1. The highest BCUT2D eigenvalue weighted by atomic mass is 19.4. The fraction of sp³-hybridized carbons (Fsp3) is 0.333. The molecule has 0 bridgehead atoms. The fourth-order valence-corrected chi connectivity index (χ4v) is 1.54. The van der Waals surface area contributed by atoms with Gasteiger partial charge in [0.25, 0.3) is 0 Å². The number of aromatic nitrogens is 4. The first-order valence-electron chi connectivity index (χ1n) is 4.89. The van der Waals surface area contributed by atoms with Crippen molar-refractivity contribution in [2.45, 2.75) is 18.8 Å². The molecule has 1 N–H and O–H groups in total. The molecule has 2 rings (SSSR count). The second-order valence-electron chi connectivity index (χ2n) is 3.64. The predicted octanol–water partition coefficient (Wildman–Crippen LogP) is 2.72. The molecular formula is C9H6F6N4. The van der Waals surface area contributed by atoms with Crippen molar-refractivity contribution in [2.75, 3.05) is 0 Å². The molecule has 2 aromatic rings. The maximum atomic E-state index is 12.6. The number of aromatic amines is 1. The lowest BCUT2D eigenvalue weighted by Crippen LogP contribution is -2.17. The van der Waals surface area contributed by atoms with Crippen LogP contribution in [-0.2, 0) is 12.6 Å². The summed E-state index contributed by atoms with van der Waals surface area (Å²) in [5, 5.41) is 8.43. The second-order valence-corrected chi connectivity index (χ2v) is 3.64. The van der Waals surface area contributed by atoms with Crippen LogP contribution in [0.1, 0.15) is 11.3 Å². The number of halogens is 6. The van der Waals surface area contributed by atoms with Gasteiger partial charge in [0.2, 0.25) is 0 Å². The molecule has 0 saturated heterocycles. The van der Waals surface area contributed by atoms with Crippen LogP contribution in [0.2, 0.25) is 0 Å². The van der Waals surface area contributed by atoms with Crippen molar-refractivity contribution >= 4 is 0 Å². The average molecular weight is 284 g/mol. The Morgan fingerprint density at radius 1 is 1.16 bits per heavy atom. The number of alkyl halides is 6. The van der Waals surface area contributed by atoms with Crippen LogP contribution in [0.25, 0.3) is 5.82 Å². The molecule has 0 atom stereocenters. The third kappa shape index (κ3) is 2.88. The normalized spacial score (nSPS) is 12.9. The van der Waals surface area contributed by atoms with Gasteiger partial charge in [0, 0.05) is 18.0 Å². The summed E-state index contributed by atoms with van der Waals surface area (Å²) < 4.78 is 75.8. The third-order valence-corrected chi connectivity index (χ3v) is 2.23. The zero-order valence-electron chi connectivity index (χ0n) is 9.05. The van der Waals surface area contributed by atoms with Crippen LogP contribution in [-0.4, -0.2) is 26.2 Å². The number of hydrogen-bond donors (Lipinski definition) is 1. The van der Waals surface area contributed by atoms with Crippen LogP contribution < -0.4 is 0 Å². The Bertz CT molecular complexity index is 550. The van der Waals surface area contributed by atoms with Gasteiger partial charge in [-0.3, -0.25) is 5.10 Å². The highest BCUT2D eigenvalue weighted by molar-refractivity contribution is 5.38. The van der Waals surface area contributed by atoms with Gasteiger partial charge in [0.1, 0.15) is 5.69 Å². The van der Waals surface area contributed by atoms with Gasteiger partial charge in [-0.15, -0.1) is 0 Å². The zero-order chi connectivity index (χ0) is 14.3. The molecule has 19 heavy (non-hydrogen) atoms. The van der Waals surface area contributed by atoms with Crippen molar-refractivity contribution in [3.05, 3.63) is 29.7 Å². The molecule has 0 unspecified atom stereocenters. The van der Waals surface area contributed by atoms with Crippen LogP contribution in [0.15, 0.2) is 18.5 Å². The quantitative estimate of drug-likeness (QED) is 0.862. The minimum atomic E-state index is -4.95. The molecule has 10 heteroatoms. The van der Waals surface area contributed by atoms with E-state index < -0.39 is 35.8 Å². The summed E-state index contributed by atoms with van der Waals surface area (Å²) in [6.07, 6.45) is -9.05. The van der Waals surface area contributed by atoms with E-state index in [4.69, 9.17) is 0 Å². The van der Waals surface area contributed by atoms with E-state index in [9.17, 15) is 26.3 Å². The minimum Gasteiger partial charge on any atom is -0.271 e. The molecular weight excluding hydrogens is 278 g/mol. The molecule has 0 aliphatic rings. The molecule has 0 fully saturated rings. The molecule has 0 aliphatic heterocycles. The molecule has 2 heterocycles. The minimum absolute atomic E-state index is 0.519. The van der Waals surface area contributed by atoms with Gasteiger partial charge in [-0.05, 0) is 6.07 Å². The van der Waals surface area contributed by atoms with Gasteiger partial charge in [-0.1, -0.05) is 0 Å². The molecule has 0 spiro atoms. The summed E-state index contributed by atoms with van der Waals surface area (Å²) in [7, 11) is 0. The first-order chi connectivity index (χ1) is 8.68. The Balaban J connectivity index is 2.54. The Hall–Kier alpha value is -2.00. The van der Waals surface area contributed by atoms with E-state index in [0.29, 0.717) is 0 Å². The molecule has 4 nitrogen and oxygen atoms in total. The molecule has 104 valence electrons. The standard InChI is InChI=1S/C9H6F6N4/c10-8(11,12)4-5-6(9(13,14)15)17-18-7(5)19-3-1-2-16-19/h1-3H,4H2,(H,17,18). The van der Waals surface area contributed by atoms with Crippen LogP contribution in [0.5, 0.6) is 0 Å². The van der Waals surface area contributed by atoms with E-state index in [1.807, 2.05) is 0 Å². The summed E-state index contributed by atoms with van der Waals surface area (Å²) in [5.41, 5.74) is -2.50. The Morgan fingerprint density at radius 3 is 2.32 bits per heavy atom. The molecule has 0 aromatic carbocycles. The van der Waals surface area contributed by atoms with Crippen molar-refractivity contribution in [1.29, 1.82) is 0 Å². The monoisotopic (exact) mass is 284 g/mol. The van der Waals surface area contributed by atoms with Crippen molar-refractivity contribution < 1.29 is 26.3 Å². The summed E-state index contributed by atoms with van der Waals surface area (Å²) >= 11 is 0. The van der Waals surface area contributed by atoms with E-state index in [2.05, 4.69) is 10.2 Å². The molecule has 2 aromatic heterocycles. The maximum Gasteiger partial charge on any atom is 0.433 e. The van der Waals surface area contributed by atoms with Crippen molar-refractivity contribution in [3.63, 3.8) is 0 Å². The van der Waals surface area contributed by atoms with E-state index in [0.717, 1.165) is 4.68 Å². The van der Waals surface area contributed by atoms with Crippen LogP contribution in [0, 0.1) is 0 Å². The van der Waals surface area contributed by atoms with Gasteiger partial charge >= 0.3 is 12.4 Å². The lowest BCUT2D eigenvalue weighted by atomic mass is 10.1. The first kappa shape index (κ1) is 13.4. The van der Waals surface area contributed by atoms with Crippen LogP contribution >= 0.6 is 0 Å². The molecule has 0 aliphatic carbocycles. The largest absolute Gasteiger partial charge is 0.433 e. The highest BCUT2D eigenvalue weighted by Gasteiger charge is 2.41. The van der Waals surface area contributed by atoms with Gasteiger partial charge in [0.05, 0.1) is 6.42 Å². The topological polar surface area (TPSA) is 46.5 Å². The SMILES string of the molecule is FC(F)(F)Cc1c(-n2cccn2)n[nH]c1C(F)(F)F. The number of nitrogens with zero attached hydrogens (tertiary/aromatic N) is 3. The average Bonchev–Trinajstić information content (AvgIpc) is 2.80. The summed E-state index contributed by atoms with van der Waals surface area (Å²) in [6, 6.07) is 1.36. The summed E-state index contributed by atoms with van der Waals surface area (Å²) in [4.78, 5) is 0. The van der Waals surface area contributed by atoms with E-state index in [1.165, 1.54) is 18.5 Å². The van der Waals surface area contributed by atoms with Gasteiger partial charge in [-0.25, -0.2) is 4.68 Å². The lowest BCUT2D eigenvalue weighted by Gasteiger charge is -2.10. The fourth-order valence-electron chi connectivity index (χ4n) is 1.54.